The molecule has 1 N–H and O–H groups in total. The number of piperidine rings is 1. The number of amides is 1. The van der Waals surface area contributed by atoms with Gasteiger partial charge in [0.15, 0.2) is 9.84 Å². The molecule has 0 bridgehead atoms. The Kier molecular flexibility index (Phi) is 5.39. The minimum Gasteiger partial charge on any atom is -0.346 e. The van der Waals surface area contributed by atoms with E-state index in [0.717, 1.165) is 19.3 Å². The molecule has 3 rings (SSSR count). The van der Waals surface area contributed by atoms with E-state index in [2.05, 4.69) is 5.32 Å². The van der Waals surface area contributed by atoms with Gasteiger partial charge in [0.1, 0.15) is 0 Å². The summed E-state index contributed by atoms with van der Waals surface area (Å²) in [5, 5.41) is 2.78. The van der Waals surface area contributed by atoms with Crippen LogP contribution in [-0.2, 0) is 19.9 Å². The van der Waals surface area contributed by atoms with Gasteiger partial charge in [0, 0.05) is 18.7 Å². The van der Waals surface area contributed by atoms with E-state index in [1.165, 1.54) is 10.4 Å². The molecular weight excluding hydrogens is 388 g/mol. The van der Waals surface area contributed by atoms with Gasteiger partial charge >= 0.3 is 0 Å². The molecule has 150 valence electrons. The number of sulfonamides is 1. The average molecular weight is 415 g/mol. The van der Waals surface area contributed by atoms with E-state index in [9.17, 15) is 21.6 Å². The molecular formula is C18H26N2O5S2. The molecule has 1 atom stereocenters. The van der Waals surface area contributed by atoms with Crippen molar-refractivity contribution in [3.05, 3.63) is 29.3 Å². The second kappa shape index (κ2) is 7.18. The molecule has 0 spiro atoms. The zero-order valence-electron chi connectivity index (χ0n) is 15.7. The Morgan fingerprint density at radius 2 is 1.85 bits per heavy atom. The van der Waals surface area contributed by atoms with E-state index in [1.54, 1.807) is 26.0 Å². The summed E-state index contributed by atoms with van der Waals surface area (Å²) >= 11 is 0. The zero-order chi connectivity index (χ0) is 19.9. The third kappa shape index (κ3) is 4.35. The highest BCUT2D eigenvalue weighted by Gasteiger charge is 2.39. The predicted molar refractivity (Wildman–Crippen MR) is 103 cm³/mol. The lowest BCUT2D eigenvalue weighted by Crippen LogP contribution is -2.47. The van der Waals surface area contributed by atoms with Gasteiger partial charge in [0.05, 0.1) is 21.9 Å². The number of nitrogens with one attached hydrogen (secondary N) is 1. The van der Waals surface area contributed by atoms with Crippen molar-refractivity contribution in [1.29, 1.82) is 0 Å². The number of rotatable bonds is 4. The average Bonchev–Trinajstić information content (AvgIpc) is 2.88. The Labute approximate surface area is 161 Å². The first kappa shape index (κ1) is 20.3. The summed E-state index contributed by atoms with van der Waals surface area (Å²) in [5.41, 5.74) is -0.0133. The quantitative estimate of drug-likeness (QED) is 0.804. The number of aryl methyl sites for hydroxylation is 1. The summed E-state index contributed by atoms with van der Waals surface area (Å²) in [7, 11) is -6.80. The Balaban J connectivity index is 1.86. The molecule has 1 aromatic rings. The topological polar surface area (TPSA) is 101 Å². The van der Waals surface area contributed by atoms with E-state index in [1.807, 2.05) is 0 Å². The van der Waals surface area contributed by atoms with Crippen LogP contribution in [0.15, 0.2) is 23.1 Å². The minimum absolute atomic E-state index is 0.0479. The monoisotopic (exact) mass is 414 g/mol. The van der Waals surface area contributed by atoms with E-state index in [0.29, 0.717) is 25.1 Å². The van der Waals surface area contributed by atoms with Crippen LogP contribution < -0.4 is 5.32 Å². The molecule has 2 aliphatic heterocycles. The smallest absolute Gasteiger partial charge is 0.251 e. The van der Waals surface area contributed by atoms with E-state index in [4.69, 9.17) is 0 Å². The third-order valence-corrected chi connectivity index (χ3v) is 9.25. The fourth-order valence-corrected chi connectivity index (χ4v) is 7.58. The molecule has 27 heavy (non-hydrogen) atoms. The highest BCUT2D eigenvalue weighted by Crippen LogP contribution is 2.26. The molecule has 7 nitrogen and oxygen atoms in total. The molecule has 2 saturated heterocycles. The normalized spacial score (nSPS) is 26.0. The fraction of sp³-hybridized carbons (Fsp3) is 0.611. The maximum atomic E-state index is 13.0. The molecule has 2 fully saturated rings. The number of hydrogen-bond donors (Lipinski definition) is 1. The number of benzene rings is 1. The minimum atomic E-state index is -3.65. The molecule has 0 aromatic heterocycles. The van der Waals surface area contributed by atoms with Crippen molar-refractivity contribution in [3.8, 4) is 0 Å². The van der Waals surface area contributed by atoms with Crippen molar-refractivity contribution in [1.82, 2.24) is 9.62 Å². The second-order valence-electron chi connectivity index (χ2n) is 7.80. The van der Waals surface area contributed by atoms with Gasteiger partial charge in [-0.1, -0.05) is 12.5 Å². The molecule has 2 aliphatic rings. The summed E-state index contributed by atoms with van der Waals surface area (Å²) < 4.78 is 50.9. The maximum Gasteiger partial charge on any atom is 0.251 e. The predicted octanol–water partition coefficient (Wildman–Crippen LogP) is 1.48. The van der Waals surface area contributed by atoms with Crippen LogP contribution >= 0.6 is 0 Å². The lowest BCUT2D eigenvalue weighted by atomic mass is 10.0. The highest BCUT2D eigenvalue weighted by atomic mass is 32.2. The van der Waals surface area contributed by atoms with Crippen molar-refractivity contribution in [2.45, 2.75) is 50.0 Å². The van der Waals surface area contributed by atoms with Crippen LogP contribution in [0, 0.1) is 6.92 Å². The van der Waals surface area contributed by atoms with Crippen LogP contribution in [0.3, 0.4) is 0 Å². The van der Waals surface area contributed by atoms with Crippen molar-refractivity contribution in [2.75, 3.05) is 24.6 Å². The zero-order valence-corrected chi connectivity index (χ0v) is 17.3. The third-order valence-electron chi connectivity index (χ3n) is 5.30. The number of sulfone groups is 1. The number of nitrogens with zero attached hydrogens (tertiary/aromatic N) is 1. The first-order valence-electron chi connectivity index (χ1n) is 9.16. The molecule has 0 saturated carbocycles. The van der Waals surface area contributed by atoms with Crippen LogP contribution in [0.4, 0.5) is 0 Å². The number of carbonyl (C=O) groups is 1. The largest absolute Gasteiger partial charge is 0.346 e. The first-order chi connectivity index (χ1) is 12.5. The van der Waals surface area contributed by atoms with E-state index >= 15 is 0 Å². The fourth-order valence-electron chi connectivity index (χ4n) is 3.72. The molecule has 0 unspecified atom stereocenters. The molecule has 2 heterocycles. The van der Waals surface area contributed by atoms with Gasteiger partial charge in [0.2, 0.25) is 10.0 Å². The van der Waals surface area contributed by atoms with Crippen LogP contribution in [0.5, 0.6) is 0 Å². The standard InChI is InChI=1S/C18H26N2O5S2/c1-14-6-7-15(17(21)19-18(2)8-11-26(22,23)13-18)12-16(14)27(24,25)20-9-4-3-5-10-20/h6-7,12H,3-5,8-11,13H2,1-2H3,(H,19,21)/t18-/m1/s1. The van der Waals surface area contributed by atoms with Crippen molar-refractivity contribution < 1.29 is 21.6 Å². The molecule has 0 radical (unpaired) electrons. The van der Waals surface area contributed by atoms with E-state index in [-0.39, 0.29) is 22.0 Å². The van der Waals surface area contributed by atoms with Crippen molar-refractivity contribution in [2.24, 2.45) is 0 Å². The Morgan fingerprint density at radius 1 is 1.19 bits per heavy atom. The summed E-state index contributed by atoms with van der Waals surface area (Å²) in [6.45, 7) is 4.40. The van der Waals surface area contributed by atoms with Crippen molar-refractivity contribution in [3.63, 3.8) is 0 Å². The van der Waals surface area contributed by atoms with Crippen LogP contribution in [-0.4, -0.2) is 57.2 Å². The van der Waals surface area contributed by atoms with Gasteiger partial charge < -0.3 is 5.32 Å². The number of hydrogen-bond acceptors (Lipinski definition) is 5. The van der Waals surface area contributed by atoms with Crippen LogP contribution in [0.25, 0.3) is 0 Å². The van der Waals surface area contributed by atoms with Crippen LogP contribution in [0.1, 0.15) is 48.5 Å². The molecule has 0 aliphatic carbocycles. The van der Waals surface area contributed by atoms with Gasteiger partial charge in [-0.05, 0) is 50.8 Å². The van der Waals surface area contributed by atoms with Gasteiger partial charge in [-0.15, -0.1) is 0 Å². The second-order valence-corrected chi connectivity index (χ2v) is 11.9. The maximum absolute atomic E-state index is 13.0. The Morgan fingerprint density at radius 3 is 2.44 bits per heavy atom. The SMILES string of the molecule is Cc1ccc(C(=O)N[C@]2(C)CCS(=O)(=O)C2)cc1S(=O)(=O)N1CCCCC1. The lowest BCUT2D eigenvalue weighted by molar-refractivity contribution is 0.0915. The molecule has 1 amide bonds. The summed E-state index contributed by atoms with van der Waals surface area (Å²) in [6.07, 6.45) is 3.05. The van der Waals surface area contributed by atoms with E-state index < -0.39 is 31.3 Å². The summed E-state index contributed by atoms with van der Waals surface area (Å²) in [5.74, 6) is -0.507. The highest BCUT2D eigenvalue weighted by molar-refractivity contribution is 7.91. The molecule has 1 aromatic carbocycles. The molecule has 9 heteroatoms. The first-order valence-corrected chi connectivity index (χ1v) is 12.4. The van der Waals surface area contributed by atoms with Crippen LogP contribution in [0.2, 0.25) is 0 Å². The Bertz CT molecular complexity index is 950. The summed E-state index contributed by atoms with van der Waals surface area (Å²) in [4.78, 5) is 12.8. The lowest BCUT2D eigenvalue weighted by Gasteiger charge is -2.27. The van der Waals surface area contributed by atoms with Gasteiger partial charge in [0.25, 0.3) is 5.91 Å². The van der Waals surface area contributed by atoms with Gasteiger partial charge in [-0.3, -0.25) is 4.79 Å². The number of carbonyl (C=O) groups excluding carboxylic acids is 1. The van der Waals surface area contributed by atoms with Crippen molar-refractivity contribution >= 4 is 25.8 Å². The Hall–Kier alpha value is -1.45. The van der Waals surface area contributed by atoms with Gasteiger partial charge in [-0.25, -0.2) is 16.8 Å². The summed E-state index contributed by atoms with van der Waals surface area (Å²) in [6, 6.07) is 4.60. The van der Waals surface area contributed by atoms with Gasteiger partial charge in [-0.2, -0.15) is 4.31 Å².